The zero-order valence-corrected chi connectivity index (χ0v) is 11.0. The van der Waals surface area contributed by atoms with E-state index in [0.717, 1.165) is 11.5 Å². The van der Waals surface area contributed by atoms with Crippen molar-refractivity contribution in [1.82, 2.24) is 5.32 Å². The average Bonchev–Trinajstić information content (AvgIpc) is 3.19. The summed E-state index contributed by atoms with van der Waals surface area (Å²) in [5.41, 5.74) is -0.845. The third-order valence-electron chi connectivity index (χ3n) is 2.96. The Labute approximate surface area is 108 Å². The van der Waals surface area contributed by atoms with Gasteiger partial charge in [-0.3, -0.25) is 0 Å². The molecule has 0 aromatic heterocycles. The molecule has 1 fully saturated rings. The van der Waals surface area contributed by atoms with Crippen molar-refractivity contribution in [3.63, 3.8) is 0 Å². The molecule has 100 valence electrons. The summed E-state index contributed by atoms with van der Waals surface area (Å²) < 4.78 is 10.6. The molecule has 0 spiro atoms. The second-order valence-corrected chi connectivity index (χ2v) is 5.12. The minimum Gasteiger partial charge on any atom is -0.497 e. The SMILES string of the molecule is COc1ccc(OCC(C)(O)CNC2CC2)cc1. The molecule has 1 aromatic carbocycles. The normalized spacial score (nSPS) is 18.2. The van der Waals surface area contributed by atoms with Crippen LogP contribution in [0.25, 0.3) is 0 Å². The van der Waals surface area contributed by atoms with Crippen molar-refractivity contribution in [2.45, 2.75) is 31.4 Å². The van der Waals surface area contributed by atoms with Gasteiger partial charge in [0.1, 0.15) is 23.7 Å². The number of benzene rings is 1. The molecule has 1 saturated carbocycles. The maximum absolute atomic E-state index is 10.1. The lowest BCUT2D eigenvalue weighted by atomic mass is 10.1. The molecule has 0 radical (unpaired) electrons. The van der Waals surface area contributed by atoms with Crippen LogP contribution < -0.4 is 14.8 Å². The maximum Gasteiger partial charge on any atom is 0.119 e. The summed E-state index contributed by atoms with van der Waals surface area (Å²) in [7, 11) is 1.63. The van der Waals surface area contributed by atoms with Crippen molar-refractivity contribution in [2.75, 3.05) is 20.3 Å². The smallest absolute Gasteiger partial charge is 0.119 e. The molecule has 0 saturated heterocycles. The van der Waals surface area contributed by atoms with Gasteiger partial charge in [-0.25, -0.2) is 0 Å². The lowest BCUT2D eigenvalue weighted by molar-refractivity contribution is 0.0120. The van der Waals surface area contributed by atoms with E-state index < -0.39 is 5.60 Å². The van der Waals surface area contributed by atoms with Crippen LogP contribution >= 0.6 is 0 Å². The Bertz CT molecular complexity index is 371. The molecular formula is C14H21NO3. The molecule has 18 heavy (non-hydrogen) atoms. The predicted octanol–water partition coefficient (Wildman–Crippen LogP) is 1.58. The van der Waals surface area contributed by atoms with Gasteiger partial charge in [0.2, 0.25) is 0 Å². The second-order valence-electron chi connectivity index (χ2n) is 5.12. The lowest BCUT2D eigenvalue weighted by Crippen LogP contribution is -2.43. The van der Waals surface area contributed by atoms with E-state index in [9.17, 15) is 5.11 Å². The molecule has 2 N–H and O–H groups in total. The first-order valence-electron chi connectivity index (χ1n) is 6.32. The first-order valence-corrected chi connectivity index (χ1v) is 6.32. The molecule has 1 aliphatic rings. The second kappa shape index (κ2) is 5.59. The van der Waals surface area contributed by atoms with Gasteiger partial charge in [0.25, 0.3) is 0 Å². The Morgan fingerprint density at radius 3 is 2.44 bits per heavy atom. The lowest BCUT2D eigenvalue weighted by Gasteiger charge is -2.24. The van der Waals surface area contributed by atoms with Crippen LogP contribution in [0.3, 0.4) is 0 Å². The van der Waals surface area contributed by atoms with Crippen LogP contribution in [0, 0.1) is 0 Å². The van der Waals surface area contributed by atoms with Crippen molar-refractivity contribution in [3.8, 4) is 11.5 Å². The van der Waals surface area contributed by atoms with Crippen molar-refractivity contribution in [1.29, 1.82) is 0 Å². The van der Waals surface area contributed by atoms with Gasteiger partial charge in [-0.15, -0.1) is 0 Å². The van der Waals surface area contributed by atoms with Crippen molar-refractivity contribution in [3.05, 3.63) is 24.3 Å². The molecule has 2 rings (SSSR count). The highest BCUT2D eigenvalue weighted by atomic mass is 16.5. The fraction of sp³-hybridized carbons (Fsp3) is 0.571. The van der Waals surface area contributed by atoms with Gasteiger partial charge in [0, 0.05) is 12.6 Å². The molecule has 4 heteroatoms. The van der Waals surface area contributed by atoms with E-state index in [1.165, 1.54) is 12.8 Å². The highest BCUT2D eigenvalue weighted by molar-refractivity contribution is 5.31. The quantitative estimate of drug-likeness (QED) is 0.772. The van der Waals surface area contributed by atoms with E-state index in [0.29, 0.717) is 12.6 Å². The molecule has 0 heterocycles. The number of hydrogen-bond donors (Lipinski definition) is 2. The van der Waals surface area contributed by atoms with Gasteiger partial charge in [-0.05, 0) is 44.0 Å². The number of rotatable bonds is 7. The van der Waals surface area contributed by atoms with E-state index in [1.807, 2.05) is 24.3 Å². The zero-order valence-electron chi connectivity index (χ0n) is 11.0. The third-order valence-corrected chi connectivity index (χ3v) is 2.96. The third kappa shape index (κ3) is 4.20. The Balaban J connectivity index is 1.77. The Morgan fingerprint density at radius 2 is 1.89 bits per heavy atom. The summed E-state index contributed by atoms with van der Waals surface area (Å²) in [5, 5.41) is 13.4. The van der Waals surface area contributed by atoms with Crippen LogP contribution in [0.4, 0.5) is 0 Å². The minimum atomic E-state index is -0.845. The molecular weight excluding hydrogens is 230 g/mol. The van der Waals surface area contributed by atoms with Crippen LogP contribution in [-0.4, -0.2) is 37.0 Å². The number of aliphatic hydroxyl groups is 1. The molecule has 0 aliphatic heterocycles. The highest BCUT2D eigenvalue weighted by Gasteiger charge is 2.27. The molecule has 1 unspecified atom stereocenters. The van der Waals surface area contributed by atoms with Crippen LogP contribution in [0.5, 0.6) is 11.5 Å². The average molecular weight is 251 g/mol. The zero-order chi connectivity index (χ0) is 13.0. The number of ether oxygens (including phenoxy) is 2. The minimum absolute atomic E-state index is 0.277. The monoisotopic (exact) mass is 251 g/mol. The predicted molar refractivity (Wildman–Crippen MR) is 70.1 cm³/mol. The van der Waals surface area contributed by atoms with E-state index in [-0.39, 0.29) is 6.61 Å². The largest absolute Gasteiger partial charge is 0.497 e. The van der Waals surface area contributed by atoms with Crippen LogP contribution in [0.1, 0.15) is 19.8 Å². The van der Waals surface area contributed by atoms with Gasteiger partial charge < -0.3 is 19.9 Å². The molecule has 0 amide bonds. The van der Waals surface area contributed by atoms with E-state index in [1.54, 1.807) is 14.0 Å². The number of nitrogens with one attached hydrogen (secondary N) is 1. The Morgan fingerprint density at radius 1 is 1.28 bits per heavy atom. The molecule has 4 nitrogen and oxygen atoms in total. The highest BCUT2D eigenvalue weighted by Crippen LogP contribution is 2.20. The van der Waals surface area contributed by atoms with Crippen molar-refractivity contribution < 1.29 is 14.6 Å². The number of hydrogen-bond acceptors (Lipinski definition) is 4. The summed E-state index contributed by atoms with van der Waals surface area (Å²) in [5.74, 6) is 1.53. The first-order chi connectivity index (χ1) is 8.59. The van der Waals surface area contributed by atoms with E-state index in [4.69, 9.17) is 9.47 Å². The van der Waals surface area contributed by atoms with Crippen LogP contribution in [-0.2, 0) is 0 Å². The van der Waals surface area contributed by atoms with Crippen molar-refractivity contribution in [2.24, 2.45) is 0 Å². The standard InChI is InChI=1S/C14H21NO3/c1-14(16,9-15-11-3-4-11)10-18-13-7-5-12(17-2)6-8-13/h5-8,11,15-16H,3-4,9-10H2,1-2H3. The summed E-state index contributed by atoms with van der Waals surface area (Å²) in [6.45, 7) is 2.62. The van der Waals surface area contributed by atoms with Crippen LogP contribution in [0.15, 0.2) is 24.3 Å². The molecule has 1 atom stereocenters. The fourth-order valence-corrected chi connectivity index (χ4v) is 1.61. The summed E-state index contributed by atoms with van der Waals surface area (Å²) in [6.07, 6.45) is 2.44. The van der Waals surface area contributed by atoms with Gasteiger partial charge in [0.15, 0.2) is 0 Å². The summed E-state index contributed by atoms with van der Waals surface area (Å²) in [4.78, 5) is 0. The molecule has 1 aliphatic carbocycles. The maximum atomic E-state index is 10.1. The van der Waals surface area contributed by atoms with Gasteiger partial charge in [-0.2, -0.15) is 0 Å². The van der Waals surface area contributed by atoms with Gasteiger partial charge in [-0.1, -0.05) is 0 Å². The van der Waals surface area contributed by atoms with Crippen molar-refractivity contribution >= 4 is 0 Å². The molecule has 1 aromatic rings. The van der Waals surface area contributed by atoms with Gasteiger partial charge >= 0.3 is 0 Å². The Kier molecular flexibility index (Phi) is 4.09. The topological polar surface area (TPSA) is 50.7 Å². The first kappa shape index (κ1) is 13.2. The fourth-order valence-electron chi connectivity index (χ4n) is 1.61. The van der Waals surface area contributed by atoms with E-state index in [2.05, 4.69) is 5.32 Å². The Hall–Kier alpha value is -1.26. The van der Waals surface area contributed by atoms with Crippen LogP contribution in [0.2, 0.25) is 0 Å². The van der Waals surface area contributed by atoms with E-state index >= 15 is 0 Å². The number of methoxy groups -OCH3 is 1. The summed E-state index contributed by atoms with van der Waals surface area (Å²) >= 11 is 0. The molecule has 0 bridgehead atoms. The summed E-state index contributed by atoms with van der Waals surface area (Å²) in [6, 6.07) is 7.95. The van der Waals surface area contributed by atoms with Gasteiger partial charge in [0.05, 0.1) is 7.11 Å².